The van der Waals surface area contributed by atoms with Gasteiger partial charge in [-0.25, -0.2) is 0 Å². The van der Waals surface area contributed by atoms with Crippen molar-refractivity contribution in [2.75, 3.05) is 6.61 Å². The molecule has 1 aromatic heterocycles. The smallest absolute Gasteiger partial charge is 0.313 e. The van der Waals surface area contributed by atoms with E-state index in [0.29, 0.717) is 17.7 Å². The number of esters is 1. The molecule has 0 radical (unpaired) electrons. The summed E-state index contributed by atoms with van der Waals surface area (Å²) in [5.74, 6) is -0.573. The minimum absolute atomic E-state index is 0.0981. The van der Waals surface area contributed by atoms with E-state index in [0.717, 1.165) is 5.56 Å². The fourth-order valence-electron chi connectivity index (χ4n) is 1.59. The first-order valence-electron chi connectivity index (χ1n) is 5.34. The molecule has 5 heteroatoms. The Labute approximate surface area is 104 Å². The van der Waals surface area contributed by atoms with Gasteiger partial charge in [-0.05, 0) is 43.1 Å². The summed E-state index contributed by atoms with van der Waals surface area (Å²) in [6.07, 6.45) is 0. The number of rotatable bonds is 3. The molecule has 17 heavy (non-hydrogen) atoms. The van der Waals surface area contributed by atoms with Crippen molar-refractivity contribution in [3.8, 4) is 0 Å². The second-order valence-corrected chi connectivity index (χ2v) is 3.99. The largest absolute Gasteiger partial charge is 0.466 e. The van der Waals surface area contributed by atoms with Crippen LogP contribution < -0.4 is 0 Å². The van der Waals surface area contributed by atoms with Crippen LogP contribution in [-0.4, -0.2) is 17.6 Å². The van der Waals surface area contributed by atoms with Crippen molar-refractivity contribution in [3.63, 3.8) is 0 Å². The first kappa shape index (κ1) is 11.9. The molecule has 2 aromatic rings. The number of halogens is 1. The van der Waals surface area contributed by atoms with Crippen LogP contribution in [0.3, 0.4) is 0 Å². The number of oxazole rings is 1. The number of aromatic nitrogens is 1. The number of carbonyl (C=O) groups excluding carboxylic acids is 1. The zero-order chi connectivity index (χ0) is 12.4. The average Bonchev–Trinajstić information content (AvgIpc) is 2.67. The molecule has 90 valence electrons. The third-order valence-corrected chi connectivity index (χ3v) is 2.69. The second kappa shape index (κ2) is 4.75. The predicted octanol–water partition coefficient (Wildman–Crippen LogP) is 3.15. The van der Waals surface area contributed by atoms with Gasteiger partial charge in [0, 0.05) is 0 Å². The van der Waals surface area contributed by atoms with E-state index in [1.807, 2.05) is 6.07 Å². The molecule has 0 saturated heterocycles. The molecule has 1 unspecified atom stereocenters. The molecule has 4 nitrogen and oxygen atoms in total. The average molecular weight is 254 g/mol. The fourth-order valence-corrected chi connectivity index (χ4v) is 1.76. The molecule has 0 aliphatic rings. The van der Waals surface area contributed by atoms with Crippen LogP contribution in [0.2, 0.25) is 5.35 Å². The molecule has 0 saturated carbocycles. The van der Waals surface area contributed by atoms with E-state index in [1.165, 1.54) is 0 Å². The van der Waals surface area contributed by atoms with Crippen molar-refractivity contribution in [1.82, 2.24) is 4.98 Å². The van der Waals surface area contributed by atoms with Crippen LogP contribution >= 0.6 is 11.6 Å². The zero-order valence-corrected chi connectivity index (χ0v) is 10.3. The van der Waals surface area contributed by atoms with Crippen LogP contribution in [0.15, 0.2) is 22.6 Å². The van der Waals surface area contributed by atoms with Crippen molar-refractivity contribution >= 4 is 28.7 Å². The lowest BCUT2D eigenvalue weighted by Crippen LogP contribution is -2.12. The minimum Gasteiger partial charge on any atom is -0.466 e. The Kier molecular flexibility index (Phi) is 3.33. The van der Waals surface area contributed by atoms with Gasteiger partial charge in [0.2, 0.25) is 0 Å². The Balaban J connectivity index is 2.32. The summed E-state index contributed by atoms with van der Waals surface area (Å²) in [6, 6.07) is 5.34. The van der Waals surface area contributed by atoms with E-state index in [1.54, 1.807) is 26.0 Å². The SMILES string of the molecule is CCOC(=O)C(C)c1ccc2oc(Cl)nc2c1. The number of fused-ring (bicyclic) bond motifs is 1. The fraction of sp³-hybridized carbons (Fsp3) is 0.333. The van der Waals surface area contributed by atoms with Crippen molar-refractivity contribution < 1.29 is 13.9 Å². The minimum atomic E-state index is -0.324. The molecule has 1 aromatic carbocycles. The van der Waals surface area contributed by atoms with Crippen molar-refractivity contribution in [2.24, 2.45) is 0 Å². The number of benzene rings is 1. The van der Waals surface area contributed by atoms with Gasteiger partial charge in [-0.15, -0.1) is 0 Å². The second-order valence-electron chi connectivity index (χ2n) is 3.67. The molecule has 0 aliphatic heterocycles. The van der Waals surface area contributed by atoms with Gasteiger partial charge in [0.15, 0.2) is 5.58 Å². The maximum atomic E-state index is 11.6. The van der Waals surface area contributed by atoms with Gasteiger partial charge in [-0.3, -0.25) is 4.79 Å². The van der Waals surface area contributed by atoms with Crippen LogP contribution in [0, 0.1) is 0 Å². The van der Waals surface area contributed by atoms with Gasteiger partial charge in [0.1, 0.15) is 5.52 Å². The summed E-state index contributed by atoms with van der Waals surface area (Å²) in [7, 11) is 0. The summed E-state index contributed by atoms with van der Waals surface area (Å²) in [5, 5.41) is 0.0981. The molecular weight excluding hydrogens is 242 g/mol. The lowest BCUT2D eigenvalue weighted by Gasteiger charge is -2.10. The van der Waals surface area contributed by atoms with Crippen LogP contribution in [-0.2, 0) is 9.53 Å². The first-order chi connectivity index (χ1) is 8.11. The van der Waals surface area contributed by atoms with Crippen molar-refractivity contribution in [2.45, 2.75) is 19.8 Å². The third kappa shape index (κ3) is 2.42. The quantitative estimate of drug-likeness (QED) is 0.789. The highest BCUT2D eigenvalue weighted by atomic mass is 35.5. The summed E-state index contributed by atoms with van der Waals surface area (Å²) in [6.45, 7) is 3.95. The molecule has 0 bridgehead atoms. The van der Waals surface area contributed by atoms with Gasteiger partial charge >= 0.3 is 5.97 Å². The number of hydrogen-bond donors (Lipinski definition) is 0. The lowest BCUT2D eigenvalue weighted by molar-refractivity contribution is -0.144. The maximum Gasteiger partial charge on any atom is 0.313 e. The monoisotopic (exact) mass is 253 g/mol. The molecule has 1 heterocycles. The van der Waals surface area contributed by atoms with Crippen LogP contribution in [0.1, 0.15) is 25.3 Å². The third-order valence-electron chi connectivity index (χ3n) is 2.53. The molecule has 0 amide bonds. The molecule has 0 spiro atoms. The first-order valence-corrected chi connectivity index (χ1v) is 5.72. The van der Waals surface area contributed by atoms with Crippen molar-refractivity contribution in [1.29, 1.82) is 0 Å². The van der Waals surface area contributed by atoms with Crippen LogP contribution in [0.4, 0.5) is 0 Å². The van der Waals surface area contributed by atoms with Crippen LogP contribution in [0.5, 0.6) is 0 Å². The van der Waals surface area contributed by atoms with E-state index in [9.17, 15) is 4.79 Å². The molecular formula is C12H12ClNO3. The summed E-state index contributed by atoms with van der Waals surface area (Å²) < 4.78 is 10.1. The number of ether oxygens (including phenoxy) is 1. The normalized spacial score (nSPS) is 12.6. The lowest BCUT2D eigenvalue weighted by atomic mass is 10.0. The van der Waals surface area contributed by atoms with Gasteiger partial charge < -0.3 is 9.15 Å². The summed E-state index contributed by atoms with van der Waals surface area (Å²) >= 11 is 5.66. The highest BCUT2D eigenvalue weighted by molar-refractivity contribution is 6.28. The van der Waals surface area contributed by atoms with E-state index >= 15 is 0 Å². The standard InChI is InChI=1S/C12H12ClNO3/c1-3-16-11(15)7(2)8-4-5-10-9(6-8)14-12(13)17-10/h4-7H,3H2,1-2H3. The molecule has 2 rings (SSSR count). The molecule has 0 fully saturated rings. The van der Waals surface area contributed by atoms with E-state index in [-0.39, 0.29) is 17.2 Å². The van der Waals surface area contributed by atoms with Gasteiger partial charge in [-0.1, -0.05) is 6.07 Å². The van der Waals surface area contributed by atoms with E-state index in [4.69, 9.17) is 20.8 Å². The Morgan fingerprint density at radius 1 is 1.59 bits per heavy atom. The van der Waals surface area contributed by atoms with Crippen molar-refractivity contribution in [3.05, 3.63) is 29.1 Å². The molecule has 0 N–H and O–H groups in total. The predicted molar refractivity (Wildman–Crippen MR) is 64.1 cm³/mol. The summed E-state index contributed by atoms with van der Waals surface area (Å²) in [5.41, 5.74) is 2.08. The molecule has 1 atom stereocenters. The topological polar surface area (TPSA) is 52.3 Å². The maximum absolute atomic E-state index is 11.6. The summed E-state index contributed by atoms with van der Waals surface area (Å²) in [4.78, 5) is 15.6. The Morgan fingerprint density at radius 2 is 2.35 bits per heavy atom. The van der Waals surface area contributed by atoms with E-state index < -0.39 is 0 Å². The number of carbonyl (C=O) groups is 1. The number of hydrogen-bond acceptors (Lipinski definition) is 4. The van der Waals surface area contributed by atoms with Crippen LogP contribution in [0.25, 0.3) is 11.1 Å². The van der Waals surface area contributed by atoms with Gasteiger partial charge in [-0.2, -0.15) is 4.98 Å². The van der Waals surface area contributed by atoms with E-state index in [2.05, 4.69) is 4.98 Å². The zero-order valence-electron chi connectivity index (χ0n) is 9.57. The Morgan fingerprint density at radius 3 is 3.06 bits per heavy atom. The highest BCUT2D eigenvalue weighted by Crippen LogP contribution is 2.24. The van der Waals surface area contributed by atoms with Gasteiger partial charge in [0.25, 0.3) is 5.35 Å². The number of nitrogens with zero attached hydrogens (tertiary/aromatic N) is 1. The Hall–Kier alpha value is -1.55. The van der Waals surface area contributed by atoms with Gasteiger partial charge in [0.05, 0.1) is 12.5 Å². The molecule has 0 aliphatic carbocycles. The highest BCUT2D eigenvalue weighted by Gasteiger charge is 2.17. The Bertz CT molecular complexity index is 550.